The molecular formula is C19H20ClN7O5S4. The quantitative estimate of drug-likeness (QED) is 0.0916. The minimum absolute atomic E-state index is 0.0470. The molecule has 2 aliphatic rings. The van der Waals surface area contributed by atoms with Crippen LogP contribution in [0.5, 0.6) is 0 Å². The number of aromatic nitrogens is 2. The van der Waals surface area contributed by atoms with Crippen molar-refractivity contribution in [3.8, 4) is 0 Å². The zero-order chi connectivity index (χ0) is 26.0. The van der Waals surface area contributed by atoms with Crippen LogP contribution in [0.2, 0.25) is 4.34 Å². The van der Waals surface area contributed by atoms with Gasteiger partial charge in [-0.15, -0.1) is 35.3 Å². The number of oxime groups is 1. The van der Waals surface area contributed by atoms with Gasteiger partial charge in [0.2, 0.25) is 5.91 Å². The molecule has 4 rings (SSSR count). The van der Waals surface area contributed by atoms with E-state index < -0.39 is 39.7 Å². The maximum atomic E-state index is 12.9. The van der Waals surface area contributed by atoms with Crippen molar-refractivity contribution in [1.82, 2.24) is 20.2 Å². The van der Waals surface area contributed by atoms with Gasteiger partial charge in [0.15, 0.2) is 10.8 Å². The number of carbonyl (C=O) groups is 3. The smallest absolute Gasteiger partial charge is 0.322 e. The highest BCUT2D eigenvalue weighted by Crippen LogP contribution is 2.48. The van der Waals surface area contributed by atoms with Crippen LogP contribution in [0, 0.1) is 0 Å². The van der Waals surface area contributed by atoms with Crippen molar-refractivity contribution >= 4 is 86.9 Å². The Labute approximate surface area is 226 Å². The molecule has 0 bridgehead atoms. The second kappa shape index (κ2) is 11.0. The molecule has 0 aliphatic carbocycles. The predicted molar refractivity (Wildman–Crippen MR) is 140 cm³/mol. The SMILES string of the molecule is NCCSc1cnccc1SC1(C(=O)O)CS[C@@H]2[C@H](NC(=O)C(=NO)c3nc(N)sc3Cl)C(=O)N2C1. The van der Waals surface area contributed by atoms with Crippen LogP contribution in [0.15, 0.2) is 33.4 Å². The number of thioether (sulfide) groups is 3. The van der Waals surface area contributed by atoms with E-state index in [1.54, 1.807) is 18.5 Å². The Kier molecular flexibility index (Phi) is 8.21. The molecule has 36 heavy (non-hydrogen) atoms. The van der Waals surface area contributed by atoms with Crippen LogP contribution in [0.3, 0.4) is 0 Å². The summed E-state index contributed by atoms with van der Waals surface area (Å²) < 4.78 is -1.23. The van der Waals surface area contributed by atoms with Crippen molar-refractivity contribution in [3.63, 3.8) is 0 Å². The summed E-state index contributed by atoms with van der Waals surface area (Å²) >= 11 is 10.8. The number of fused-ring (bicyclic) bond motifs is 1. The third-order valence-corrected chi connectivity index (χ3v) is 10.7. The van der Waals surface area contributed by atoms with Gasteiger partial charge < -0.3 is 32.0 Å². The number of nitrogens with one attached hydrogen (secondary N) is 1. The largest absolute Gasteiger partial charge is 0.480 e. The molecule has 192 valence electrons. The van der Waals surface area contributed by atoms with Crippen LogP contribution in [-0.4, -0.2) is 89.4 Å². The number of aliphatic carboxylic acids is 1. The van der Waals surface area contributed by atoms with E-state index in [-0.39, 0.29) is 27.5 Å². The molecule has 0 aromatic carbocycles. The van der Waals surface area contributed by atoms with E-state index in [0.29, 0.717) is 12.3 Å². The van der Waals surface area contributed by atoms with E-state index in [0.717, 1.165) is 21.1 Å². The number of anilines is 1. The fourth-order valence-corrected chi connectivity index (χ4v) is 8.34. The van der Waals surface area contributed by atoms with Crippen LogP contribution < -0.4 is 16.8 Å². The molecule has 2 saturated heterocycles. The molecule has 17 heteroatoms. The molecule has 2 aromatic heterocycles. The molecule has 0 radical (unpaired) electrons. The van der Waals surface area contributed by atoms with Gasteiger partial charge in [-0.2, -0.15) is 0 Å². The van der Waals surface area contributed by atoms with E-state index in [1.807, 2.05) is 0 Å². The number of amides is 2. The monoisotopic (exact) mass is 589 g/mol. The summed E-state index contributed by atoms with van der Waals surface area (Å²) in [6, 6.07) is 0.820. The number of carboxylic acid groups (broad SMARTS) is 1. The van der Waals surface area contributed by atoms with Crippen molar-refractivity contribution < 1.29 is 24.7 Å². The number of thiazole rings is 1. The first-order chi connectivity index (χ1) is 17.2. The van der Waals surface area contributed by atoms with Gasteiger partial charge in [0.1, 0.15) is 26.2 Å². The van der Waals surface area contributed by atoms with Crippen LogP contribution in [0.25, 0.3) is 0 Å². The number of nitrogens with zero attached hydrogens (tertiary/aromatic N) is 4. The van der Waals surface area contributed by atoms with E-state index in [9.17, 15) is 24.7 Å². The number of hydrogen-bond donors (Lipinski definition) is 5. The Balaban J connectivity index is 1.47. The van der Waals surface area contributed by atoms with Crippen LogP contribution in [0.1, 0.15) is 5.69 Å². The molecule has 0 spiro atoms. The summed E-state index contributed by atoms with van der Waals surface area (Å²) in [6.45, 7) is 0.417. The summed E-state index contributed by atoms with van der Waals surface area (Å²) in [5, 5.41) is 24.6. The van der Waals surface area contributed by atoms with Crippen molar-refractivity contribution in [2.45, 2.75) is 26.0 Å². The summed E-state index contributed by atoms with van der Waals surface area (Å²) in [7, 11) is 0. The summed E-state index contributed by atoms with van der Waals surface area (Å²) in [5.74, 6) is -1.51. The standard InChI is InChI=1S/C19H20ClN7O5S4/c20-13-10(25-18(22)35-13)11(26-32)14(28)24-12-15(29)27-6-19(17(30)31,7-34-16(12)27)36-8-1-3-23-5-9(8)33-4-2-21/h1,3,5,12,16,32H,2,4,6-7,21H2,(H2,22,25)(H,24,28)(H,30,31)/t12-,16-,19?/m1/s1. The highest BCUT2D eigenvalue weighted by molar-refractivity contribution is 8.05. The molecule has 2 amide bonds. The second-order valence-corrected chi connectivity index (χ2v) is 12.9. The third-order valence-electron chi connectivity index (χ3n) is 5.30. The zero-order valence-electron chi connectivity index (χ0n) is 18.3. The fraction of sp³-hybridized carbons (Fsp3) is 0.368. The van der Waals surface area contributed by atoms with E-state index in [1.165, 1.54) is 40.2 Å². The van der Waals surface area contributed by atoms with Gasteiger partial charge in [0.25, 0.3) is 5.91 Å². The molecule has 1 unspecified atom stereocenters. The lowest BCUT2D eigenvalue weighted by molar-refractivity contribution is -0.151. The zero-order valence-corrected chi connectivity index (χ0v) is 22.3. The second-order valence-electron chi connectivity index (χ2n) is 7.60. The Morgan fingerprint density at radius 2 is 2.19 bits per heavy atom. The Morgan fingerprint density at radius 1 is 1.42 bits per heavy atom. The highest BCUT2D eigenvalue weighted by atomic mass is 35.5. The summed E-state index contributed by atoms with van der Waals surface area (Å²) in [4.78, 5) is 49.1. The number of halogens is 1. The van der Waals surface area contributed by atoms with Crippen molar-refractivity contribution in [2.75, 3.05) is 30.3 Å². The number of nitrogens with two attached hydrogens (primary N) is 2. The molecule has 12 nitrogen and oxygen atoms in total. The molecule has 3 atom stereocenters. The first-order valence-electron chi connectivity index (χ1n) is 10.3. The topological polar surface area (TPSA) is 197 Å². The average molecular weight is 590 g/mol. The van der Waals surface area contributed by atoms with Gasteiger partial charge >= 0.3 is 5.97 Å². The molecule has 4 heterocycles. The van der Waals surface area contributed by atoms with Gasteiger partial charge in [-0.1, -0.05) is 28.1 Å². The van der Waals surface area contributed by atoms with Crippen molar-refractivity contribution in [1.29, 1.82) is 0 Å². The Morgan fingerprint density at radius 3 is 2.83 bits per heavy atom. The Bertz CT molecular complexity index is 1230. The number of pyridine rings is 1. The van der Waals surface area contributed by atoms with Crippen LogP contribution in [-0.2, 0) is 14.4 Å². The molecular weight excluding hydrogens is 570 g/mol. The van der Waals surface area contributed by atoms with Crippen molar-refractivity contribution in [2.24, 2.45) is 10.9 Å². The first-order valence-corrected chi connectivity index (χ1v) is 14.3. The molecule has 7 N–H and O–H groups in total. The normalized spacial score (nSPS) is 23.7. The van der Waals surface area contributed by atoms with E-state index in [4.69, 9.17) is 23.1 Å². The lowest BCUT2D eigenvalue weighted by Gasteiger charge is -2.53. The van der Waals surface area contributed by atoms with Crippen LogP contribution >= 0.6 is 58.2 Å². The fourth-order valence-electron chi connectivity index (χ4n) is 3.60. The highest BCUT2D eigenvalue weighted by Gasteiger charge is 2.58. The van der Waals surface area contributed by atoms with Gasteiger partial charge in [0.05, 0.1) is 0 Å². The van der Waals surface area contributed by atoms with E-state index in [2.05, 4.69) is 20.4 Å². The molecule has 2 fully saturated rings. The summed E-state index contributed by atoms with van der Waals surface area (Å²) in [6.07, 6.45) is 3.26. The van der Waals surface area contributed by atoms with Gasteiger partial charge in [-0.25, -0.2) is 4.98 Å². The minimum Gasteiger partial charge on any atom is -0.480 e. The number of nitrogen functional groups attached to an aromatic ring is 1. The maximum Gasteiger partial charge on any atom is 0.322 e. The summed E-state index contributed by atoms with van der Waals surface area (Å²) in [5.41, 5.74) is 10.6. The molecule has 2 aliphatic heterocycles. The van der Waals surface area contributed by atoms with E-state index >= 15 is 0 Å². The van der Waals surface area contributed by atoms with Gasteiger partial charge in [0, 0.05) is 46.8 Å². The maximum absolute atomic E-state index is 12.9. The number of carbonyl (C=O) groups excluding carboxylic acids is 2. The Hall–Kier alpha value is -2.24. The number of β-lactam (4-membered cyclic amide) rings is 1. The molecule has 0 saturated carbocycles. The number of rotatable bonds is 9. The third kappa shape index (κ3) is 5.10. The van der Waals surface area contributed by atoms with Gasteiger partial charge in [-0.05, 0) is 6.07 Å². The van der Waals surface area contributed by atoms with Crippen LogP contribution in [0.4, 0.5) is 5.13 Å². The first kappa shape index (κ1) is 26.8. The van der Waals surface area contributed by atoms with Crippen molar-refractivity contribution in [3.05, 3.63) is 28.5 Å². The predicted octanol–water partition coefficient (Wildman–Crippen LogP) is 1.02. The number of carboxylic acids is 1. The minimum atomic E-state index is -1.30. The number of hydrogen-bond acceptors (Lipinski definition) is 13. The lowest BCUT2D eigenvalue weighted by Crippen LogP contribution is -2.74. The lowest BCUT2D eigenvalue weighted by atomic mass is 10.0. The molecule has 2 aromatic rings. The average Bonchev–Trinajstić information content (AvgIpc) is 3.19. The van der Waals surface area contributed by atoms with Gasteiger partial charge in [-0.3, -0.25) is 19.4 Å².